The minimum absolute atomic E-state index is 0.0856. The van der Waals surface area contributed by atoms with Gasteiger partial charge in [0.15, 0.2) is 11.5 Å². The van der Waals surface area contributed by atoms with Crippen LogP contribution in [0.4, 0.5) is 36.5 Å². The lowest BCUT2D eigenvalue weighted by Crippen LogP contribution is -2.56. The van der Waals surface area contributed by atoms with Gasteiger partial charge in [-0.05, 0) is 67.3 Å². The number of anilines is 4. The number of hydrogen-bond donors (Lipinski definition) is 3. The van der Waals surface area contributed by atoms with Gasteiger partial charge < -0.3 is 20.9 Å². The summed E-state index contributed by atoms with van der Waals surface area (Å²) in [7, 11) is 1.77. The Kier molecular flexibility index (Phi) is 9.46. The van der Waals surface area contributed by atoms with Crippen molar-refractivity contribution in [2.75, 3.05) is 61.4 Å². The number of alkyl halides is 2. The van der Waals surface area contributed by atoms with Gasteiger partial charge in [0.05, 0.1) is 40.2 Å². The maximum absolute atomic E-state index is 16.2. The quantitative estimate of drug-likeness (QED) is 0.191. The first-order valence-electron chi connectivity index (χ1n) is 19.4. The van der Waals surface area contributed by atoms with E-state index in [-0.39, 0.29) is 60.9 Å². The summed E-state index contributed by atoms with van der Waals surface area (Å²) >= 11 is 6.37. The van der Waals surface area contributed by atoms with E-state index in [4.69, 9.17) is 27.4 Å². The summed E-state index contributed by atoms with van der Waals surface area (Å²) in [5.74, 6) is -3.87. The average Bonchev–Trinajstić information content (AvgIpc) is 3.98. The number of piperidine rings is 1. The number of carbonyl (C=O) groups is 4. The number of benzene rings is 2. The number of amides is 5. The van der Waals surface area contributed by atoms with Crippen molar-refractivity contribution in [3.63, 3.8) is 0 Å². The van der Waals surface area contributed by atoms with E-state index in [2.05, 4.69) is 20.5 Å². The minimum Gasteiger partial charge on any atom is -0.385 e. The summed E-state index contributed by atoms with van der Waals surface area (Å²) in [5, 5.41) is 10.3. The highest BCUT2D eigenvalue weighted by Gasteiger charge is 2.59. The van der Waals surface area contributed by atoms with Crippen molar-refractivity contribution in [1.29, 1.82) is 0 Å². The average molecular weight is 824 g/mol. The molecule has 7 heterocycles. The number of likely N-dealkylation sites (tertiary alicyclic amines) is 2. The van der Waals surface area contributed by atoms with Crippen molar-refractivity contribution >= 4 is 63.9 Å². The molecule has 0 aliphatic carbocycles. The molecule has 18 heteroatoms. The van der Waals surface area contributed by atoms with Crippen LogP contribution in [0.25, 0.3) is 16.9 Å². The normalized spacial score (nSPS) is 20.4. The Morgan fingerprint density at radius 1 is 0.932 bits per heavy atom. The Morgan fingerprint density at radius 3 is 2.49 bits per heavy atom. The zero-order valence-electron chi connectivity index (χ0n) is 32.1. The number of primary amides is 1. The summed E-state index contributed by atoms with van der Waals surface area (Å²) in [6, 6.07) is 15.6. The van der Waals surface area contributed by atoms with Gasteiger partial charge >= 0.3 is 6.03 Å². The van der Waals surface area contributed by atoms with Gasteiger partial charge in [0, 0.05) is 75.3 Å². The topological polar surface area (TPSA) is 174 Å². The van der Waals surface area contributed by atoms with Crippen molar-refractivity contribution in [2.24, 2.45) is 11.1 Å². The molecule has 0 saturated carbocycles. The van der Waals surface area contributed by atoms with Crippen molar-refractivity contribution < 1.29 is 28.0 Å². The first kappa shape index (κ1) is 38.3. The van der Waals surface area contributed by atoms with E-state index < -0.39 is 41.6 Å². The zero-order valence-corrected chi connectivity index (χ0v) is 32.8. The third-order valence-corrected chi connectivity index (χ3v) is 12.4. The predicted molar refractivity (Wildman–Crippen MR) is 216 cm³/mol. The fraction of sp³-hybridized carbons (Fsp3) is 0.341. The monoisotopic (exact) mass is 823 g/mol. The molecule has 59 heavy (non-hydrogen) atoms. The number of pyridine rings is 1. The van der Waals surface area contributed by atoms with Gasteiger partial charge in [-0.15, -0.1) is 5.10 Å². The number of rotatable bonds is 8. The van der Waals surface area contributed by atoms with E-state index in [0.29, 0.717) is 36.8 Å². The summed E-state index contributed by atoms with van der Waals surface area (Å²) in [5.41, 5.74) is 10.7. The molecule has 9 rings (SSSR count). The number of imide groups is 1. The second-order valence-corrected chi connectivity index (χ2v) is 15.9. The zero-order chi connectivity index (χ0) is 41.2. The smallest absolute Gasteiger partial charge is 0.328 e. The molecule has 1 atom stereocenters. The molecule has 304 valence electrons. The van der Waals surface area contributed by atoms with E-state index in [1.165, 1.54) is 38.7 Å². The molecule has 0 radical (unpaired) electrons. The predicted octanol–water partition coefficient (Wildman–Crippen LogP) is 5.10. The number of urea groups is 1. The number of imidazole rings is 1. The summed E-state index contributed by atoms with van der Waals surface area (Å²) in [4.78, 5) is 65.5. The van der Waals surface area contributed by atoms with Crippen LogP contribution < -0.4 is 26.2 Å². The molecule has 3 fully saturated rings. The minimum atomic E-state index is -3.06. The van der Waals surface area contributed by atoms with Crippen LogP contribution in [0.3, 0.4) is 0 Å². The number of carbonyl (C=O) groups excluding carboxylic acids is 4. The van der Waals surface area contributed by atoms with Crippen LogP contribution in [0.2, 0.25) is 5.02 Å². The second-order valence-electron chi connectivity index (χ2n) is 15.5. The lowest BCUT2D eigenvalue weighted by molar-refractivity contribution is -0.164. The Hall–Kier alpha value is -6.20. The fourth-order valence-corrected chi connectivity index (χ4v) is 9.10. The molecule has 1 unspecified atom stereocenters. The Bertz CT molecular complexity index is 2550. The molecule has 3 saturated heterocycles. The number of aromatic nitrogens is 4. The van der Waals surface area contributed by atoms with Crippen molar-refractivity contribution in [1.82, 2.24) is 34.7 Å². The molecule has 15 nitrogen and oxygen atoms in total. The number of hydrogen-bond acceptors (Lipinski definition) is 10. The highest BCUT2D eigenvalue weighted by molar-refractivity contribution is 6.34. The molecule has 5 amide bonds. The number of nitrogens with one attached hydrogen (secondary N) is 2. The van der Waals surface area contributed by atoms with E-state index in [1.54, 1.807) is 18.1 Å². The molecule has 1 spiro atoms. The fourth-order valence-electron chi connectivity index (χ4n) is 8.88. The Labute approximate surface area is 342 Å². The SMILES string of the molecule is CNc1cc(N2CCc3c(-c4ccc(CN5CCC6(CCN(C(=O)c7ccc(Cl)c(N8CCC(=O)NC8=O)c7)C6)C(F)(F)C5)cn4)cccc32)nn2c(C(N)=O)cnc12. The summed E-state index contributed by atoms with van der Waals surface area (Å²) < 4.78 is 33.8. The lowest BCUT2D eigenvalue weighted by Gasteiger charge is -2.45. The van der Waals surface area contributed by atoms with Crippen LogP contribution in [-0.4, -0.2) is 105 Å². The van der Waals surface area contributed by atoms with Gasteiger partial charge in [0.1, 0.15) is 5.69 Å². The van der Waals surface area contributed by atoms with Gasteiger partial charge in [0.25, 0.3) is 17.7 Å². The second kappa shape index (κ2) is 14.6. The number of nitrogens with zero attached hydrogens (tertiary/aromatic N) is 8. The van der Waals surface area contributed by atoms with Crippen LogP contribution >= 0.6 is 11.6 Å². The van der Waals surface area contributed by atoms with Crippen LogP contribution in [0.1, 0.15) is 51.2 Å². The molecule has 4 aliphatic rings. The molecular formula is C41H40ClF2N11O4. The van der Waals surface area contributed by atoms with E-state index in [9.17, 15) is 19.2 Å². The van der Waals surface area contributed by atoms with Crippen molar-refractivity contribution in [3.8, 4) is 11.3 Å². The van der Waals surface area contributed by atoms with Gasteiger partial charge in [-0.1, -0.05) is 29.8 Å². The van der Waals surface area contributed by atoms with E-state index in [1.807, 2.05) is 36.4 Å². The van der Waals surface area contributed by atoms with Gasteiger partial charge in [-0.3, -0.25) is 34.5 Å². The third-order valence-electron chi connectivity index (χ3n) is 12.1. The Morgan fingerprint density at radius 2 is 1.75 bits per heavy atom. The first-order chi connectivity index (χ1) is 28.3. The summed E-state index contributed by atoms with van der Waals surface area (Å²) in [6.07, 6.45) is 4.36. The maximum atomic E-state index is 16.2. The van der Waals surface area contributed by atoms with Gasteiger partial charge in [-0.2, -0.15) is 0 Å². The molecular weight excluding hydrogens is 784 g/mol. The molecule has 3 aromatic heterocycles. The van der Waals surface area contributed by atoms with Crippen molar-refractivity contribution in [2.45, 2.75) is 38.2 Å². The molecule has 0 bridgehead atoms. The van der Waals surface area contributed by atoms with Crippen LogP contribution in [0, 0.1) is 5.41 Å². The van der Waals surface area contributed by atoms with E-state index in [0.717, 1.165) is 34.5 Å². The van der Waals surface area contributed by atoms with Crippen molar-refractivity contribution in [3.05, 3.63) is 94.4 Å². The molecule has 5 aromatic rings. The van der Waals surface area contributed by atoms with Crippen LogP contribution in [0.15, 0.2) is 67.0 Å². The third kappa shape index (κ3) is 6.67. The number of nitrogens with two attached hydrogens (primary N) is 1. The maximum Gasteiger partial charge on any atom is 0.328 e. The number of halogens is 3. The van der Waals surface area contributed by atoms with Crippen LogP contribution in [-0.2, 0) is 17.8 Å². The first-order valence-corrected chi connectivity index (χ1v) is 19.7. The highest BCUT2D eigenvalue weighted by Crippen LogP contribution is 2.50. The van der Waals surface area contributed by atoms with E-state index >= 15 is 8.78 Å². The lowest BCUT2D eigenvalue weighted by atomic mass is 9.74. The molecule has 4 aliphatic heterocycles. The van der Waals surface area contributed by atoms with Gasteiger partial charge in [-0.25, -0.2) is 23.1 Å². The van der Waals surface area contributed by atoms with Gasteiger partial charge in [0.2, 0.25) is 5.91 Å². The number of fused-ring (bicyclic) bond motifs is 2. The Balaban J connectivity index is 0.862. The highest BCUT2D eigenvalue weighted by atomic mass is 35.5. The van der Waals surface area contributed by atoms with Crippen LogP contribution in [0.5, 0.6) is 0 Å². The standard InChI is InChI=1S/C41H40ClF2N11O4/c1-46-30-18-34(50-55-33(36(45)57)20-48-37(30)55)53-13-9-27-26(3-2-4-31(27)53)29-8-5-24(19-47-29)21-51-15-11-40(41(43,44)23-51)12-16-52(22-40)38(58)25-6-7-28(42)32(17-25)54-14-10-35(56)49-39(54)59/h2-8,17-20,46H,9-16,21-23H2,1H3,(H2,45,57)(H,49,56,59). The molecule has 2 aromatic carbocycles. The molecule has 4 N–H and O–H groups in total. The summed E-state index contributed by atoms with van der Waals surface area (Å²) in [6.45, 7) is 1.14. The largest absolute Gasteiger partial charge is 0.385 e.